The van der Waals surface area contributed by atoms with Crippen molar-refractivity contribution in [2.45, 2.75) is 52.6 Å². The first-order chi connectivity index (χ1) is 8.12. The van der Waals surface area contributed by atoms with E-state index in [1.807, 2.05) is 31.5 Å². The lowest BCUT2D eigenvalue weighted by Crippen LogP contribution is -2.37. The molecule has 0 spiro atoms. The first-order valence-electron chi connectivity index (χ1n) is 6.19. The molecule has 1 aromatic rings. The highest BCUT2D eigenvalue weighted by Gasteiger charge is 2.21. The summed E-state index contributed by atoms with van der Waals surface area (Å²) in [6, 6.07) is 1.14. The predicted octanol–water partition coefficient (Wildman–Crippen LogP) is 2.25. The summed E-state index contributed by atoms with van der Waals surface area (Å²) in [6.45, 7) is 7.10. The summed E-state index contributed by atoms with van der Waals surface area (Å²) in [5.41, 5.74) is 1.85. The number of rotatable bonds is 7. The average molecular weight is 245 g/mol. The maximum Gasteiger partial charge on any atom is 0.254 e. The lowest BCUT2D eigenvalue weighted by Gasteiger charge is -2.17. The molecular formula is C12H21F2N3. The van der Waals surface area contributed by atoms with Crippen molar-refractivity contribution in [1.82, 2.24) is 15.1 Å². The Balaban J connectivity index is 2.80. The zero-order chi connectivity index (χ0) is 12.8. The molecule has 17 heavy (non-hydrogen) atoms. The maximum atomic E-state index is 12.8. The fraction of sp³-hybridized carbons (Fsp3) is 0.750. The van der Waals surface area contributed by atoms with Gasteiger partial charge in [-0.3, -0.25) is 4.68 Å². The van der Waals surface area contributed by atoms with Crippen molar-refractivity contribution < 1.29 is 8.78 Å². The Labute approximate surface area is 101 Å². The van der Waals surface area contributed by atoms with E-state index in [9.17, 15) is 8.78 Å². The molecule has 0 aromatic carbocycles. The van der Waals surface area contributed by atoms with Crippen LogP contribution in [0.15, 0.2) is 6.07 Å². The highest BCUT2D eigenvalue weighted by molar-refractivity contribution is 5.12. The lowest BCUT2D eigenvalue weighted by atomic mass is 10.1. The molecule has 0 saturated heterocycles. The second-order valence-electron chi connectivity index (χ2n) is 4.00. The molecule has 0 aliphatic heterocycles. The van der Waals surface area contributed by atoms with Crippen LogP contribution in [-0.2, 0) is 19.4 Å². The molecule has 98 valence electrons. The molecule has 5 heteroatoms. The zero-order valence-electron chi connectivity index (χ0n) is 10.7. The van der Waals surface area contributed by atoms with Crippen LogP contribution in [0.5, 0.6) is 0 Å². The van der Waals surface area contributed by atoms with E-state index >= 15 is 0 Å². The minimum absolute atomic E-state index is 0.326. The van der Waals surface area contributed by atoms with Crippen LogP contribution >= 0.6 is 0 Å². The summed E-state index contributed by atoms with van der Waals surface area (Å²) < 4.78 is 27.4. The van der Waals surface area contributed by atoms with Gasteiger partial charge in [0.05, 0.1) is 11.7 Å². The highest BCUT2D eigenvalue weighted by Crippen LogP contribution is 2.12. The maximum absolute atomic E-state index is 12.8. The minimum Gasteiger partial charge on any atom is -0.309 e. The monoisotopic (exact) mass is 245 g/mol. The molecule has 1 unspecified atom stereocenters. The van der Waals surface area contributed by atoms with Gasteiger partial charge in [-0.2, -0.15) is 5.10 Å². The number of nitrogens with zero attached hydrogens (tertiary/aromatic N) is 2. The van der Waals surface area contributed by atoms with Crippen LogP contribution in [0.25, 0.3) is 0 Å². The molecule has 1 rings (SSSR count). The van der Waals surface area contributed by atoms with Gasteiger partial charge in [-0.05, 0) is 26.0 Å². The predicted molar refractivity (Wildman–Crippen MR) is 64.5 cm³/mol. The number of nitrogens with one attached hydrogen (secondary N) is 1. The van der Waals surface area contributed by atoms with E-state index in [0.717, 1.165) is 24.4 Å². The van der Waals surface area contributed by atoms with Gasteiger partial charge in [-0.15, -0.1) is 0 Å². The Hall–Kier alpha value is -0.970. The summed E-state index contributed by atoms with van der Waals surface area (Å²) in [5.74, 6) is 0. The van der Waals surface area contributed by atoms with Crippen LogP contribution in [-0.4, -0.2) is 28.8 Å². The largest absolute Gasteiger partial charge is 0.309 e. The van der Waals surface area contributed by atoms with Crippen molar-refractivity contribution in [1.29, 1.82) is 0 Å². The van der Waals surface area contributed by atoms with Gasteiger partial charge in [0, 0.05) is 18.7 Å². The third-order valence-electron chi connectivity index (χ3n) is 2.78. The van der Waals surface area contributed by atoms with Crippen LogP contribution in [0.4, 0.5) is 8.78 Å². The molecule has 0 aliphatic rings. The Morgan fingerprint density at radius 1 is 1.35 bits per heavy atom. The molecule has 1 heterocycles. The van der Waals surface area contributed by atoms with Gasteiger partial charge < -0.3 is 5.32 Å². The van der Waals surface area contributed by atoms with Crippen molar-refractivity contribution in [3.63, 3.8) is 0 Å². The summed E-state index contributed by atoms with van der Waals surface area (Å²) in [7, 11) is 0. The summed E-state index contributed by atoms with van der Waals surface area (Å²) in [5, 5.41) is 7.18. The van der Waals surface area contributed by atoms with E-state index in [-0.39, 0.29) is 0 Å². The standard InChI is InChI=1S/C12H21F2N3/c1-4-9-7-10(17(6-3)16-9)8-11(12(13)14)15-5-2/h7,11-12,15H,4-6,8H2,1-3H3. The van der Waals surface area contributed by atoms with Crippen molar-refractivity contribution >= 4 is 0 Å². The van der Waals surface area contributed by atoms with Gasteiger partial charge in [0.25, 0.3) is 6.43 Å². The number of hydrogen-bond acceptors (Lipinski definition) is 2. The van der Waals surface area contributed by atoms with Gasteiger partial charge in [0.15, 0.2) is 0 Å². The fourth-order valence-electron chi connectivity index (χ4n) is 1.86. The molecule has 1 N–H and O–H groups in total. The molecule has 1 atom stereocenters. The SMILES string of the molecule is CCNC(Cc1cc(CC)nn1CC)C(F)F. The van der Waals surface area contributed by atoms with Gasteiger partial charge in [0.2, 0.25) is 0 Å². The number of hydrogen-bond donors (Lipinski definition) is 1. The lowest BCUT2D eigenvalue weighted by molar-refractivity contribution is 0.0981. The topological polar surface area (TPSA) is 29.9 Å². The third-order valence-corrected chi connectivity index (χ3v) is 2.78. The van der Waals surface area contributed by atoms with Crippen LogP contribution in [0.3, 0.4) is 0 Å². The molecule has 0 amide bonds. The third kappa shape index (κ3) is 3.77. The van der Waals surface area contributed by atoms with Gasteiger partial charge in [-0.1, -0.05) is 13.8 Å². The van der Waals surface area contributed by atoms with Crippen molar-refractivity contribution in [2.24, 2.45) is 0 Å². The Bertz CT molecular complexity index is 336. The first kappa shape index (κ1) is 14.1. The van der Waals surface area contributed by atoms with Crippen LogP contribution < -0.4 is 5.32 Å². The molecule has 3 nitrogen and oxygen atoms in total. The molecule has 0 bridgehead atoms. The number of likely N-dealkylation sites (N-methyl/N-ethyl adjacent to an activating group) is 1. The first-order valence-corrected chi connectivity index (χ1v) is 6.19. The van der Waals surface area contributed by atoms with Gasteiger partial charge >= 0.3 is 0 Å². The van der Waals surface area contributed by atoms with Crippen molar-refractivity contribution in [3.8, 4) is 0 Å². The Kier molecular flexibility index (Phi) is 5.55. The minimum atomic E-state index is -2.35. The van der Waals surface area contributed by atoms with Crippen molar-refractivity contribution in [3.05, 3.63) is 17.5 Å². The molecule has 0 aliphatic carbocycles. The molecule has 0 fully saturated rings. The summed E-state index contributed by atoms with van der Waals surface area (Å²) in [4.78, 5) is 0. The van der Waals surface area contributed by atoms with E-state index in [2.05, 4.69) is 10.4 Å². The molecule has 0 saturated carbocycles. The van der Waals surface area contributed by atoms with Crippen LogP contribution in [0.1, 0.15) is 32.2 Å². The number of aromatic nitrogens is 2. The Morgan fingerprint density at radius 2 is 2.06 bits per heavy atom. The van der Waals surface area contributed by atoms with E-state index in [0.29, 0.717) is 13.0 Å². The Morgan fingerprint density at radius 3 is 2.53 bits per heavy atom. The van der Waals surface area contributed by atoms with E-state index in [1.54, 1.807) is 0 Å². The van der Waals surface area contributed by atoms with Gasteiger partial charge in [-0.25, -0.2) is 8.78 Å². The number of halogens is 2. The van der Waals surface area contributed by atoms with Gasteiger partial charge in [0.1, 0.15) is 0 Å². The van der Waals surface area contributed by atoms with Crippen LogP contribution in [0.2, 0.25) is 0 Å². The highest BCUT2D eigenvalue weighted by atomic mass is 19.3. The van der Waals surface area contributed by atoms with E-state index in [4.69, 9.17) is 0 Å². The fourth-order valence-corrected chi connectivity index (χ4v) is 1.86. The number of aryl methyl sites for hydroxylation is 2. The average Bonchev–Trinajstić information content (AvgIpc) is 2.70. The smallest absolute Gasteiger partial charge is 0.254 e. The second-order valence-corrected chi connectivity index (χ2v) is 4.00. The number of alkyl halides is 2. The van der Waals surface area contributed by atoms with E-state index < -0.39 is 12.5 Å². The summed E-state index contributed by atoms with van der Waals surface area (Å²) in [6.07, 6.45) is -1.19. The van der Waals surface area contributed by atoms with Crippen LogP contribution in [0, 0.1) is 0 Å². The molecular weight excluding hydrogens is 224 g/mol. The summed E-state index contributed by atoms with van der Waals surface area (Å²) >= 11 is 0. The normalized spacial score (nSPS) is 13.3. The molecule has 0 radical (unpaired) electrons. The van der Waals surface area contributed by atoms with Crippen molar-refractivity contribution in [2.75, 3.05) is 6.54 Å². The molecule has 1 aromatic heterocycles. The second kappa shape index (κ2) is 6.69. The quantitative estimate of drug-likeness (QED) is 0.798. The van der Waals surface area contributed by atoms with E-state index in [1.165, 1.54) is 0 Å². The zero-order valence-corrected chi connectivity index (χ0v) is 10.7.